The average molecular weight is 198 g/mol. The number of esters is 1. The number of carbonyl (C=O) groups excluding carboxylic acids is 1. The lowest BCUT2D eigenvalue weighted by Gasteiger charge is -2.56. The summed E-state index contributed by atoms with van der Waals surface area (Å²) in [6, 6.07) is 0. The third kappa shape index (κ3) is 0.929. The molecule has 3 unspecified atom stereocenters. The molecule has 4 nitrogen and oxygen atoms in total. The van der Waals surface area contributed by atoms with Gasteiger partial charge in [0.15, 0.2) is 0 Å². The molecule has 1 spiro atoms. The van der Waals surface area contributed by atoms with Crippen molar-refractivity contribution in [2.75, 3.05) is 0 Å². The molecule has 3 saturated heterocycles. The Morgan fingerprint density at radius 2 is 2.29 bits per heavy atom. The summed E-state index contributed by atoms with van der Waals surface area (Å²) in [4.78, 5) is 21.8. The van der Waals surface area contributed by atoms with Gasteiger partial charge in [0.05, 0.1) is 6.10 Å². The van der Waals surface area contributed by atoms with E-state index in [1.165, 1.54) is 0 Å². The van der Waals surface area contributed by atoms with Crippen LogP contribution >= 0.6 is 0 Å². The minimum atomic E-state index is -0.781. The summed E-state index contributed by atoms with van der Waals surface area (Å²) < 4.78 is 5.38. The first-order chi connectivity index (χ1) is 6.64. The van der Waals surface area contributed by atoms with Crippen molar-refractivity contribution in [1.29, 1.82) is 0 Å². The summed E-state index contributed by atoms with van der Waals surface area (Å²) in [7, 11) is 0. The number of hydrogen-bond acceptors (Lipinski definition) is 4. The molecule has 1 saturated carbocycles. The zero-order chi connectivity index (χ0) is 9.81. The third-order valence-electron chi connectivity index (χ3n) is 3.87. The molecule has 4 fully saturated rings. The molecule has 0 radical (unpaired) electrons. The molecule has 4 rings (SSSR count). The molecule has 3 aliphatic heterocycles. The summed E-state index contributed by atoms with van der Waals surface area (Å²) in [5, 5.41) is 0. The normalized spacial score (nSPS) is 51.2. The van der Waals surface area contributed by atoms with E-state index in [-0.39, 0.29) is 17.5 Å². The Kier molecular flexibility index (Phi) is 1.55. The topological polar surface area (TPSA) is 44.8 Å². The van der Waals surface area contributed by atoms with Gasteiger partial charge in [-0.1, -0.05) is 6.92 Å². The van der Waals surface area contributed by atoms with E-state index in [4.69, 9.17) is 14.5 Å². The third-order valence-corrected chi connectivity index (χ3v) is 3.87. The number of fused-ring (bicyclic) bond motifs is 2. The van der Waals surface area contributed by atoms with Crippen molar-refractivity contribution in [3.8, 4) is 0 Å². The van der Waals surface area contributed by atoms with Crippen LogP contribution in [0.5, 0.6) is 0 Å². The summed E-state index contributed by atoms with van der Waals surface area (Å²) in [6.45, 7) is 2.13. The molecule has 0 aromatic heterocycles. The van der Waals surface area contributed by atoms with Gasteiger partial charge in [0.1, 0.15) is 0 Å². The largest absolute Gasteiger partial charge is 0.430 e. The highest BCUT2D eigenvalue weighted by atomic mass is 17.2. The highest BCUT2D eigenvalue weighted by Crippen LogP contribution is 2.56. The van der Waals surface area contributed by atoms with Crippen LogP contribution in [0.2, 0.25) is 0 Å². The summed E-state index contributed by atoms with van der Waals surface area (Å²) in [5.74, 6) is -0.941. The van der Waals surface area contributed by atoms with Crippen LogP contribution in [-0.2, 0) is 19.3 Å². The van der Waals surface area contributed by atoms with Crippen LogP contribution in [0.25, 0.3) is 0 Å². The van der Waals surface area contributed by atoms with Crippen molar-refractivity contribution >= 4 is 5.97 Å². The van der Waals surface area contributed by atoms with Crippen LogP contribution < -0.4 is 0 Å². The van der Waals surface area contributed by atoms with Gasteiger partial charge < -0.3 is 4.74 Å². The van der Waals surface area contributed by atoms with E-state index in [1.807, 2.05) is 0 Å². The molecule has 3 heterocycles. The minimum absolute atomic E-state index is 0.0396. The molecule has 14 heavy (non-hydrogen) atoms. The Morgan fingerprint density at radius 1 is 1.43 bits per heavy atom. The Morgan fingerprint density at radius 3 is 3.00 bits per heavy atom. The molecule has 0 aromatic carbocycles. The molecule has 78 valence electrons. The van der Waals surface area contributed by atoms with Gasteiger partial charge in [0.25, 0.3) is 0 Å². The number of ether oxygens (including phenoxy) is 1. The zero-order valence-electron chi connectivity index (χ0n) is 8.25. The summed E-state index contributed by atoms with van der Waals surface area (Å²) in [6.07, 6.45) is 4.21. The van der Waals surface area contributed by atoms with Crippen molar-refractivity contribution in [1.82, 2.24) is 0 Å². The van der Waals surface area contributed by atoms with E-state index >= 15 is 0 Å². The molecule has 0 aromatic rings. The maximum atomic E-state index is 11.3. The molecule has 1 aliphatic carbocycles. The van der Waals surface area contributed by atoms with Crippen LogP contribution in [0, 0.1) is 5.41 Å². The quantitative estimate of drug-likeness (QED) is 0.437. The van der Waals surface area contributed by atoms with Crippen molar-refractivity contribution in [3.05, 3.63) is 0 Å². The van der Waals surface area contributed by atoms with Crippen molar-refractivity contribution < 1.29 is 19.3 Å². The first kappa shape index (κ1) is 8.68. The van der Waals surface area contributed by atoms with E-state index in [1.54, 1.807) is 0 Å². The van der Waals surface area contributed by atoms with E-state index in [0.717, 1.165) is 25.7 Å². The van der Waals surface area contributed by atoms with Crippen LogP contribution in [0.15, 0.2) is 0 Å². The maximum Gasteiger partial charge on any atom is 0.308 e. The second-order valence-electron chi connectivity index (χ2n) is 4.83. The Hall–Kier alpha value is -0.610. The van der Waals surface area contributed by atoms with E-state index in [2.05, 4.69) is 6.92 Å². The highest BCUT2D eigenvalue weighted by molar-refractivity contribution is 5.71. The lowest BCUT2D eigenvalue weighted by atomic mass is 9.65. The number of hydrogen-bond donors (Lipinski definition) is 0. The second-order valence-corrected chi connectivity index (χ2v) is 4.83. The Bertz CT molecular complexity index is 280. The van der Waals surface area contributed by atoms with E-state index in [0.29, 0.717) is 6.42 Å². The maximum absolute atomic E-state index is 11.3. The zero-order valence-corrected chi connectivity index (χ0v) is 8.25. The molecule has 0 amide bonds. The summed E-state index contributed by atoms with van der Waals surface area (Å²) in [5.41, 5.74) is -0.0396. The molecular weight excluding hydrogens is 184 g/mol. The SMILES string of the molecule is CC12CCC(=O)OC13CCC(C2)OO3. The average Bonchev–Trinajstić information content (AvgIpc) is 2.17. The Balaban J connectivity index is 1.98. The highest BCUT2D eigenvalue weighted by Gasteiger charge is 2.63. The van der Waals surface area contributed by atoms with Gasteiger partial charge in [0, 0.05) is 18.3 Å². The predicted octanol–water partition coefficient (Wildman–Crippen LogP) is 1.54. The molecule has 4 aliphatic rings. The first-order valence-corrected chi connectivity index (χ1v) is 5.20. The van der Waals surface area contributed by atoms with Crippen LogP contribution in [0.1, 0.15) is 39.0 Å². The second kappa shape index (κ2) is 2.49. The van der Waals surface area contributed by atoms with Crippen molar-refractivity contribution in [2.24, 2.45) is 5.41 Å². The lowest BCUT2D eigenvalue weighted by Crippen LogP contribution is -2.63. The van der Waals surface area contributed by atoms with Gasteiger partial charge in [-0.2, -0.15) is 4.89 Å². The van der Waals surface area contributed by atoms with Gasteiger partial charge >= 0.3 is 5.97 Å². The van der Waals surface area contributed by atoms with Gasteiger partial charge in [-0.25, -0.2) is 4.89 Å². The smallest absolute Gasteiger partial charge is 0.308 e. The van der Waals surface area contributed by atoms with Crippen LogP contribution in [0.4, 0.5) is 0 Å². The monoisotopic (exact) mass is 198 g/mol. The number of rotatable bonds is 0. The fourth-order valence-electron chi connectivity index (χ4n) is 2.88. The Labute approximate surface area is 82.4 Å². The lowest BCUT2D eigenvalue weighted by molar-refractivity contribution is -0.520. The predicted molar refractivity (Wildman–Crippen MR) is 46.0 cm³/mol. The van der Waals surface area contributed by atoms with Crippen LogP contribution in [0.3, 0.4) is 0 Å². The van der Waals surface area contributed by atoms with Crippen molar-refractivity contribution in [2.45, 2.75) is 50.9 Å². The van der Waals surface area contributed by atoms with Crippen molar-refractivity contribution in [3.63, 3.8) is 0 Å². The molecular formula is C10H14O4. The summed E-state index contributed by atoms with van der Waals surface area (Å²) >= 11 is 0. The standard InChI is InChI=1S/C10H14O4/c1-9-4-3-8(11)12-10(9)5-2-7(6-9)13-14-10/h7H,2-6H2,1H3. The number of carbonyl (C=O) groups is 1. The molecule has 4 heteroatoms. The fraction of sp³-hybridized carbons (Fsp3) is 0.900. The fourth-order valence-corrected chi connectivity index (χ4v) is 2.88. The van der Waals surface area contributed by atoms with Gasteiger partial charge in [-0.3, -0.25) is 4.79 Å². The van der Waals surface area contributed by atoms with Gasteiger partial charge in [-0.15, -0.1) is 0 Å². The van der Waals surface area contributed by atoms with E-state index < -0.39 is 5.79 Å². The molecule has 0 N–H and O–H groups in total. The van der Waals surface area contributed by atoms with Crippen LogP contribution in [-0.4, -0.2) is 17.9 Å². The molecule has 3 atom stereocenters. The van der Waals surface area contributed by atoms with Gasteiger partial charge in [0.2, 0.25) is 5.79 Å². The van der Waals surface area contributed by atoms with Gasteiger partial charge in [-0.05, 0) is 19.3 Å². The van der Waals surface area contributed by atoms with E-state index in [9.17, 15) is 4.79 Å². The molecule has 2 bridgehead atoms. The minimum Gasteiger partial charge on any atom is -0.430 e. The first-order valence-electron chi connectivity index (χ1n) is 5.20.